The van der Waals surface area contributed by atoms with Gasteiger partial charge in [-0.25, -0.2) is 4.39 Å². The van der Waals surface area contributed by atoms with E-state index >= 15 is 0 Å². The van der Waals surface area contributed by atoms with Crippen molar-refractivity contribution in [2.45, 2.75) is 19.4 Å². The Labute approximate surface area is 128 Å². The Bertz CT molecular complexity index is 453. The van der Waals surface area contributed by atoms with Crippen LogP contribution in [0.1, 0.15) is 13.3 Å². The number of hydrogen-bond acceptors (Lipinski definition) is 3. The summed E-state index contributed by atoms with van der Waals surface area (Å²) in [7, 11) is 0. The molecule has 0 aliphatic carbocycles. The van der Waals surface area contributed by atoms with Gasteiger partial charge in [-0.05, 0) is 32.0 Å². The minimum atomic E-state index is -0.619. The molecular weight excluding hydrogens is 304 g/mol. The van der Waals surface area contributed by atoms with Gasteiger partial charge in [0.25, 0.3) is 0 Å². The molecule has 0 radical (unpaired) electrons. The minimum absolute atomic E-state index is 0.00380. The fraction of sp³-hybridized carbons (Fsp3) is 0.571. The van der Waals surface area contributed by atoms with Crippen molar-refractivity contribution in [2.75, 3.05) is 26.3 Å². The summed E-state index contributed by atoms with van der Waals surface area (Å²) in [6, 6.07) is 2.95. The molecule has 0 bridgehead atoms. The Morgan fingerprint density at radius 1 is 1.40 bits per heavy atom. The van der Waals surface area contributed by atoms with E-state index < -0.39 is 5.82 Å². The molecule has 1 heterocycles. The molecule has 1 N–H and O–H groups in total. The molecule has 6 heteroatoms. The number of nitrogens with one attached hydrogen (secondary N) is 1. The number of ether oxygens (including phenoxy) is 2. The second kappa shape index (κ2) is 7.46. The summed E-state index contributed by atoms with van der Waals surface area (Å²) in [6.45, 7) is 4.67. The number of halogens is 3. The summed E-state index contributed by atoms with van der Waals surface area (Å²) in [6.07, 6.45) is 0.729. The minimum Gasteiger partial charge on any atom is -0.483 e. The van der Waals surface area contributed by atoms with Crippen molar-refractivity contribution in [3.63, 3.8) is 0 Å². The van der Waals surface area contributed by atoms with E-state index in [2.05, 4.69) is 5.32 Å². The zero-order valence-corrected chi connectivity index (χ0v) is 12.8. The van der Waals surface area contributed by atoms with Crippen molar-refractivity contribution in [1.82, 2.24) is 5.32 Å². The second-order valence-corrected chi connectivity index (χ2v) is 5.56. The summed E-state index contributed by atoms with van der Waals surface area (Å²) >= 11 is 11.8. The van der Waals surface area contributed by atoms with Crippen LogP contribution in [0.2, 0.25) is 10.0 Å². The first kappa shape index (κ1) is 15.8. The van der Waals surface area contributed by atoms with Crippen LogP contribution in [0, 0.1) is 11.7 Å². The Balaban J connectivity index is 2.16. The summed E-state index contributed by atoms with van der Waals surface area (Å²) < 4.78 is 25.3. The molecule has 1 aromatic rings. The molecule has 112 valence electrons. The highest BCUT2D eigenvalue weighted by molar-refractivity contribution is 6.34. The highest BCUT2D eigenvalue weighted by Crippen LogP contribution is 2.34. The molecular formula is C14H18Cl2FNO2. The molecule has 3 nitrogen and oxygen atoms in total. The Hall–Kier alpha value is -0.550. The molecule has 1 aliphatic heterocycles. The molecule has 0 aromatic heterocycles. The predicted molar refractivity (Wildman–Crippen MR) is 78.3 cm³/mol. The summed E-state index contributed by atoms with van der Waals surface area (Å²) in [5.74, 6) is -0.335. The second-order valence-electron chi connectivity index (χ2n) is 4.74. The van der Waals surface area contributed by atoms with E-state index in [9.17, 15) is 4.39 Å². The van der Waals surface area contributed by atoms with E-state index in [1.165, 1.54) is 12.1 Å². The molecule has 2 atom stereocenters. The van der Waals surface area contributed by atoms with Gasteiger partial charge in [0.05, 0.1) is 16.7 Å². The highest BCUT2D eigenvalue weighted by Gasteiger charge is 2.28. The molecule has 20 heavy (non-hydrogen) atoms. The van der Waals surface area contributed by atoms with Gasteiger partial charge in [0.15, 0.2) is 11.6 Å². The van der Waals surface area contributed by atoms with Gasteiger partial charge >= 0.3 is 0 Å². The van der Waals surface area contributed by atoms with Gasteiger partial charge in [-0.15, -0.1) is 0 Å². The van der Waals surface area contributed by atoms with Crippen LogP contribution in [0.5, 0.6) is 5.75 Å². The normalized spacial score (nSPS) is 20.1. The van der Waals surface area contributed by atoms with Gasteiger partial charge in [-0.3, -0.25) is 0 Å². The lowest BCUT2D eigenvalue weighted by Crippen LogP contribution is -2.33. The zero-order chi connectivity index (χ0) is 14.5. The van der Waals surface area contributed by atoms with Crippen LogP contribution in [-0.2, 0) is 4.74 Å². The van der Waals surface area contributed by atoms with Crippen LogP contribution in [0.15, 0.2) is 12.1 Å². The molecule has 1 aliphatic rings. The molecule has 0 amide bonds. The maximum Gasteiger partial charge on any atom is 0.185 e. The monoisotopic (exact) mass is 321 g/mol. The SMILES string of the molecule is CCOC[C@H](Oc1c(Cl)ccc(Cl)c1F)[C@H]1CCNC1. The molecule has 1 saturated heterocycles. The molecule has 0 saturated carbocycles. The van der Waals surface area contributed by atoms with E-state index in [0.29, 0.717) is 13.2 Å². The first-order chi connectivity index (χ1) is 9.63. The third-order valence-electron chi connectivity index (χ3n) is 3.38. The van der Waals surface area contributed by atoms with Crippen LogP contribution >= 0.6 is 23.2 Å². The average molecular weight is 322 g/mol. The van der Waals surface area contributed by atoms with Crippen molar-refractivity contribution in [2.24, 2.45) is 5.92 Å². The molecule has 2 rings (SSSR count). The fourth-order valence-electron chi connectivity index (χ4n) is 2.26. The fourth-order valence-corrected chi connectivity index (χ4v) is 2.60. The van der Waals surface area contributed by atoms with Gasteiger partial charge in [-0.2, -0.15) is 0 Å². The van der Waals surface area contributed by atoms with Gasteiger partial charge in [0.2, 0.25) is 0 Å². The zero-order valence-electron chi connectivity index (χ0n) is 11.3. The Morgan fingerprint density at radius 3 is 2.80 bits per heavy atom. The summed E-state index contributed by atoms with van der Waals surface area (Å²) in [4.78, 5) is 0. The molecule has 0 unspecified atom stereocenters. The van der Waals surface area contributed by atoms with E-state index in [1.54, 1.807) is 0 Å². The van der Waals surface area contributed by atoms with Gasteiger partial charge < -0.3 is 14.8 Å². The summed E-state index contributed by atoms with van der Waals surface area (Å²) in [5.41, 5.74) is 0. The van der Waals surface area contributed by atoms with Crippen LogP contribution in [-0.4, -0.2) is 32.4 Å². The third-order valence-corrected chi connectivity index (χ3v) is 3.97. The first-order valence-corrected chi connectivity index (χ1v) is 7.47. The van der Waals surface area contributed by atoms with Crippen molar-refractivity contribution >= 4 is 23.2 Å². The summed E-state index contributed by atoms with van der Waals surface area (Å²) in [5, 5.41) is 3.49. The predicted octanol–water partition coefficient (Wildman–Crippen LogP) is 3.53. The van der Waals surface area contributed by atoms with E-state index in [0.717, 1.165) is 19.5 Å². The lowest BCUT2D eigenvalue weighted by atomic mass is 10.0. The maximum atomic E-state index is 14.0. The lowest BCUT2D eigenvalue weighted by Gasteiger charge is -2.25. The number of rotatable bonds is 6. The van der Waals surface area contributed by atoms with Gasteiger partial charge in [-0.1, -0.05) is 23.2 Å². The van der Waals surface area contributed by atoms with Crippen LogP contribution in [0.3, 0.4) is 0 Å². The van der Waals surface area contributed by atoms with Crippen molar-refractivity contribution in [1.29, 1.82) is 0 Å². The van der Waals surface area contributed by atoms with Gasteiger partial charge in [0.1, 0.15) is 6.10 Å². The van der Waals surface area contributed by atoms with Crippen molar-refractivity contribution in [3.05, 3.63) is 28.0 Å². The maximum absolute atomic E-state index is 14.0. The largest absolute Gasteiger partial charge is 0.483 e. The Kier molecular flexibility index (Phi) is 5.90. The van der Waals surface area contributed by atoms with Gasteiger partial charge in [0, 0.05) is 19.1 Å². The smallest absolute Gasteiger partial charge is 0.185 e. The van der Waals surface area contributed by atoms with Crippen LogP contribution in [0.25, 0.3) is 0 Å². The van der Waals surface area contributed by atoms with E-state index in [-0.39, 0.29) is 27.8 Å². The topological polar surface area (TPSA) is 30.5 Å². The standard InChI is InChI=1S/C14H18Cl2FNO2/c1-2-19-8-12(9-5-6-18-7-9)20-14-11(16)4-3-10(15)13(14)17/h3-4,9,12,18H,2,5-8H2,1H3/t9-,12-/m0/s1. The van der Waals surface area contributed by atoms with Crippen LogP contribution in [0.4, 0.5) is 4.39 Å². The van der Waals surface area contributed by atoms with E-state index in [4.69, 9.17) is 32.7 Å². The first-order valence-electron chi connectivity index (χ1n) is 6.72. The number of hydrogen-bond donors (Lipinski definition) is 1. The molecule has 0 spiro atoms. The Morgan fingerprint density at radius 2 is 2.15 bits per heavy atom. The van der Waals surface area contributed by atoms with Crippen molar-refractivity contribution in [3.8, 4) is 5.75 Å². The average Bonchev–Trinajstić information content (AvgIpc) is 2.96. The molecule has 1 aromatic carbocycles. The van der Waals surface area contributed by atoms with E-state index in [1.807, 2.05) is 6.92 Å². The van der Waals surface area contributed by atoms with Crippen LogP contribution < -0.4 is 10.1 Å². The number of benzene rings is 1. The van der Waals surface area contributed by atoms with Crippen molar-refractivity contribution < 1.29 is 13.9 Å². The quantitative estimate of drug-likeness (QED) is 0.813. The lowest BCUT2D eigenvalue weighted by molar-refractivity contribution is 0.0272. The third kappa shape index (κ3) is 3.76. The highest BCUT2D eigenvalue weighted by atomic mass is 35.5. The molecule has 1 fully saturated rings.